The van der Waals surface area contributed by atoms with Crippen molar-refractivity contribution in [3.05, 3.63) is 46.5 Å². The first-order valence-corrected chi connectivity index (χ1v) is 6.54. The van der Waals surface area contributed by atoms with E-state index in [0.29, 0.717) is 5.13 Å². The highest BCUT2D eigenvalue weighted by Crippen LogP contribution is 2.31. The van der Waals surface area contributed by atoms with Crippen LogP contribution in [0.3, 0.4) is 0 Å². The van der Waals surface area contributed by atoms with Crippen molar-refractivity contribution in [1.82, 2.24) is 4.98 Å². The van der Waals surface area contributed by atoms with Gasteiger partial charge in [-0.15, -0.1) is 11.3 Å². The van der Waals surface area contributed by atoms with Crippen molar-refractivity contribution in [3.63, 3.8) is 0 Å². The maximum atomic E-state index is 5.86. The van der Waals surface area contributed by atoms with Gasteiger partial charge in [-0.05, 0) is 17.5 Å². The maximum Gasteiger partial charge on any atom is 0.180 e. The molecule has 2 N–H and O–H groups in total. The second kappa shape index (κ2) is 4.47. The van der Waals surface area contributed by atoms with E-state index in [1.807, 2.05) is 6.20 Å². The molecule has 4 heteroatoms. The quantitative estimate of drug-likeness (QED) is 0.886. The molecule has 1 aromatic heterocycles. The van der Waals surface area contributed by atoms with Crippen LogP contribution in [0.1, 0.15) is 22.1 Å². The molecule has 0 saturated heterocycles. The lowest BCUT2D eigenvalue weighted by Crippen LogP contribution is -2.17. The molecule has 0 spiro atoms. The van der Waals surface area contributed by atoms with Crippen LogP contribution in [-0.2, 0) is 17.6 Å². The minimum Gasteiger partial charge on any atom is -0.375 e. The molecule has 0 fully saturated rings. The van der Waals surface area contributed by atoms with Crippen LogP contribution in [0.5, 0.6) is 0 Å². The van der Waals surface area contributed by atoms with Crippen LogP contribution < -0.4 is 5.73 Å². The Bertz CT molecular complexity index is 524. The summed E-state index contributed by atoms with van der Waals surface area (Å²) >= 11 is 1.54. The molecule has 88 valence electrons. The molecule has 2 aromatic rings. The number of nitrogens with zero attached hydrogens (tertiary/aromatic N) is 1. The van der Waals surface area contributed by atoms with Gasteiger partial charge in [0.05, 0.1) is 12.7 Å². The first-order chi connectivity index (χ1) is 8.33. The van der Waals surface area contributed by atoms with Crippen molar-refractivity contribution in [2.75, 3.05) is 12.3 Å². The van der Waals surface area contributed by atoms with E-state index in [0.717, 1.165) is 19.4 Å². The molecular weight excluding hydrogens is 232 g/mol. The van der Waals surface area contributed by atoms with Gasteiger partial charge in [0, 0.05) is 17.5 Å². The van der Waals surface area contributed by atoms with Crippen molar-refractivity contribution in [3.8, 4) is 0 Å². The monoisotopic (exact) mass is 246 g/mol. The predicted molar refractivity (Wildman–Crippen MR) is 69.1 cm³/mol. The van der Waals surface area contributed by atoms with Gasteiger partial charge in [-0.2, -0.15) is 0 Å². The van der Waals surface area contributed by atoms with E-state index < -0.39 is 0 Å². The fourth-order valence-corrected chi connectivity index (χ4v) is 2.96. The first kappa shape index (κ1) is 10.7. The number of thiazole rings is 1. The summed E-state index contributed by atoms with van der Waals surface area (Å²) in [5.41, 5.74) is 8.36. The summed E-state index contributed by atoms with van der Waals surface area (Å²) in [6, 6.07) is 8.50. The Balaban J connectivity index is 1.85. The fourth-order valence-electron chi connectivity index (χ4n) is 2.25. The van der Waals surface area contributed by atoms with Gasteiger partial charge in [0.1, 0.15) is 0 Å². The zero-order chi connectivity index (χ0) is 11.7. The molecule has 0 aliphatic carbocycles. The summed E-state index contributed by atoms with van der Waals surface area (Å²) in [4.78, 5) is 5.26. The summed E-state index contributed by atoms with van der Waals surface area (Å²) in [7, 11) is 0. The molecule has 0 saturated carbocycles. The number of hydrogen-bond acceptors (Lipinski definition) is 4. The Morgan fingerprint density at radius 3 is 3.12 bits per heavy atom. The number of hydrogen-bond donors (Lipinski definition) is 1. The number of benzene rings is 1. The van der Waals surface area contributed by atoms with Gasteiger partial charge < -0.3 is 10.5 Å². The average molecular weight is 246 g/mol. The number of aromatic nitrogens is 1. The molecule has 2 heterocycles. The van der Waals surface area contributed by atoms with Gasteiger partial charge in [0.25, 0.3) is 0 Å². The Morgan fingerprint density at radius 1 is 1.41 bits per heavy atom. The number of fused-ring (bicyclic) bond motifs is 1. The van der Waals surface area contributed by atoms with Crippen LogP contribution in [0.2, 0.25) is 0 Å². The summed E-state index contributed by atoms with van der Waals surface area (Å²) in [6.45, 7) is 0.802. The molecule has 1 atom stereocenters. The number of nitrogen functional groups attached to an aromatic ring is 1. The molecule has 1 aromatic carbocycles. The van der Waals surface area contributed by atoms with E-state index in [-0.39, 0.29) is 6.10 Å². The SMILES string of the molecule is Nc1ncc(CC2OCCc3ccccc32)s1. The molecular formula is C13H14N2OS. The second-order valence-corrected chi connectivity index (χ2v) is 5.32. The largest absolute Gasteiger partial charge is 0.375 e. The van der Waals surface area contributed by atoms with E-state index in [9.17, 15) is 0 Å². The van der Waals surface area contributed by atoms with Gasteiger partial charge in [0.2, 0.25) is 0 Å². The Morgan fingerprint density at radius 2 is 2.29 bits per heavy atom. The van der Waals surface area contributed by atoms with Crippen LogP contribution in [0.15, 0.2) is 30.5 Å². The molecule has 1 aliphatic heterocycles. The molecule has 0 radical (unpaired) electrons. The Kier molecular flexibility index (Phi) is 2.82. The van der Waals surface area contributed by atoms with Crippen molar-refractivity contribution < 1.29 is 4.74 Å². The highest BCUT2D eigenvalue weighted by molar-refractivity contribution is 7.15. The zero-order valence-electron chi connectivity index (χ0n) is 9.43. The predicted octanol–water partition coefficient (Wildman–Crippen LogP) is 2.58. The van der Waals surface area contributed by atoms with E-state index in [2.05, 4.69) is 29.2 Å². The number of ether oxygens (including phenoxy) is 1. The van der Waals surface area contributed by atoms with Crippen LogP contribution in [0.4, 0.5) is 5.13 Å². The average Bonchev–Trinajstić information content (AvgIpc) is 2.75. The third kappa shape index (κ3) is 2.18. The van der Waals surface area contributed by atoms with Crippen LogP contribution in [-0.4, -0.2) is 11.6 Å². The van der Waals surface area contributed by atoms with Gasteiger partial charge >= 0.3 is 0 Å². The first-order valence-electron chi connectivity index (χ1n) is 5.72. The number of rotatable bonds is 2. The normalized spacial score (nSPS) is 18.9. The van der Waals surface area contributed by atoms with E-state index in [1.54, 1.807) is 11.3 Å². The molecule has 1 aliphatic rings. The van der Waals surface area contributed by atoms with Crippen LogP contribution >= 0.6 is 11.3 Å². The highest BCUT2D eigenvalue weighted by Gasteiger charge is 2.21. The van der Waals surface area contributed by atoms with Crippen LogP contribution in [0, 0.1) is 0 Å². The minimum atomic E-state index is 0.153. The smallest absolute Gasteiger partial charge is 0.180 e. The maximum absolute atomic E-state index is 5.86. The van der Waals surface area contributed by atoms with Crippen molar-refractivity contribution >= 4 is 16.5 Å². The third-order valence-corrected chi connectivity index (χ3v) is 3.90. The Labute approximate surface area is 104 Å². The van der Waals surface area contributed by atoms with Gasteiger partial charge in [0.15, 0.2) is 5.13 Å². The van der Waals surface area contributed by atoms with Gasteiger partial charge in [-0.1, -0.05) is 24.3 Å². The molecule has 3 rings (SSSR count). The lowest BCUT2D eigenvalue weighted by molar-refractivity contribution is 0.0432. The summed E-state index contributed by atoms with van der Waals surface area (Å²) < 4.78 is 5.86. The van der Waals surface area contributed by atoms with Crippen molar-refractivity contribution in [1.29, 1.82) is 0 Å². The topological polar surface area (TPSA) is 48.1 Å². The number of nitrogens with two attached hydrogens (primary N) is 1. The number of anilines is 1. The lowest BCUT2D eigenvalue weighted by atomic mass is 9.95. The van der Waals surface area contributed by atoms with Crippen LogP contribution in [0.25, 0.3) is 0 Å². The molecule has 3 nitrogen and oxygen atoms in total. The van der Waals surface area contributed by atoms with Gasteiger partial charge in [-0.25, -0.2) is 4.98 Å². The van der Waals surface area contributed by atoms with Crippen molar-refractivity contribution in [2.45, 2.75) is 18.9 Å². The minimum absolute atomic E-state index is 0.153. The summed E-state index contributed by atoms with van der Waals surface area (Å²) in [5.74, 6) is 0. The standard InChI is InChI=1S/C13H14N2OS/c14-13-15-8-10(17-13)7-12-11-4-2-1-3-9(11)5-6-16-12/h1-4,8,12H,5-7H2,(H2,14,15). The van der Waals surface area contributed by atoms with Gasteiger partial charge in [-0.3, -0.25) is 0 Å². The molecule has 17 heavy (non-hydrogen) atoms. The zero-order valence-corrected chi connectivity index (χ0v) is 10.2. The molecule has 0 amide bonds. The Hall–Kier alpha value is -1.39. The van der Waals surface area contributed by atoms with E-state index in [1.165, 1.54) is 16.0 Å². The van der Waals surface area contributed by atoms with E-state index in [4.69, 9.17) is 10.5 Å². The summed E-state index contributed by atoms with van der Waals surface area (Å²) in [5, 5.41) is 0.629. The second-order valence-electron chi connectivity index (χ2n) is 4.18. The molecule has 1 unspecified atom stereocenters. The third-order valence-electron chi connectivity index (χ3n) is 3.05. The lowest BCUT2D eigenvalue weighted by Gasteiger charge is -2.25. The fraction of sp³-hybridized carbons (Fsp3) is 0.308. The summed E-state index contributed by atoms with van der Waals surface area (Å²) in [6.07, 6.45) is 3.88. The molecule has 0 bridgehead atoms. The highest BCUT2D eigenvalue weighted by atomic mass is 32.1. The van der Waals surface area contributed by atoms with Crippen molar-refractivity contribution in [2.24, 2.45) is 0 Å². The van der Waals surface area contributed by atoms with E-state index >= 15 is 0 Å².